The van der Waals surface area contributed by atoms with E-state index in [-0.39, 0.29) is 12.2 Å². The molecule has 1 aromatic carbocycles. The summed E-state index contributed by atoms with van der Waals surface area (Å²) in [5.41, 5.74) is 2.26. The largest absolute Gasteiger partial charge is 0.481 e. The van der Waals surface area contributed by atoms with E-state index in [2.05, 4.69) is 0 Å². The van der Waals surface area contributed by atoms with Crippen molar-refractivity contribution in [2.75, 3.05) is 0 Å². The third kappa shape index (κ3) is 2.91. The lowest BCUT2D eigenvalue weighted by Gasteiger charge is -2.05. The minimum absolute atomic E-state index is 0.00142. The molecule has 1 rings (SSSR count). The van der Waals surface area contributed by atoms with E-state index in [9.17, 15) is 9.59 Å². The van der Waals surface area contributed by atoms with Gasteiger partial charge in [0.15, 0.2) is 5.78 Å². The van der Waals surface area contributed by atoms with Crippen LogP contribution < -0.4 is 0 Å². The lowest BCUT2D eigenvalue weighted by molar-refractivity contribution is -0.136. The lowest BCUT2D eigenvalue weighted by atomic mass is 9.99. The smallest absolute Gasteiger partial charge is 0.307 e. The summed E-state index contributed by atoms with van der Waals surface area (Å²) < 4.78 is 0. The van der Waals surface area contributed by atoms with E-state index >= 15 is 0 Å². The summed E-state index contributed by atoms with van der Waals surface area (Å²) >= 11 is 0. The Balaban J connectivity index is 2.97. The summed E-state index contributed by atoms with van der Waals surface area (Å²) in [5, 5.41) is 8.62. The van der Waals surface area contributed by atoms with Crippen LogP contribution in [-0.2, 0) is 11.2 Å². The normalized spacial score (nSPS) is 10.0. The van der Waals surface area contributed by atoms with Gasteiger partial charge in [-0.15, -0.1) is 0 Å². The number of carboxylic acid groups (broad SMARTS) is 1. The average molecular weight is 206 g/mol. The quantitative estimate of drug-likeness (QED) is 0.768. The molecule has 0 bridgehead atoms. The first kappa shape index (κ1) is 11.4. The van der Waals surface area contributed by atoms with Gasteiger partial charge in [-0.1, -0.05) is 25.1 Å². The Kier molecular flexibility index (Phi) is 3.61. The molecule has 0 atom stereocenters. The molecule has 1 N–H and O–H groups in total. The SMILES string of the molecule is CCC(=O)c1ccc(CC(=O)O)cc1C. The van der Waals surface area contributed by atoms with Crippen molar-refractivity contribution in [3.63, 3.8) is 0 Å². The van der Waals surface area contributed by atoms with Crippen LogP contribution in [-0.4, -0.2) is 16.9 Å². The molecule has 0 unspecified atom stereocenters. The molecule has 1 aromatic rings. The second-order valence-electron chi connectivity index (χ2n) is 3.50. The molecule has 0 amide bonds. The van der Waals surface area contributed by atoms with Gasteiger partial charge in [0.25, 0.3) is 0 Å². The van der Waals surface area contributed by atoms with Crippen LogP contribution in [0.4, 0.5) is 0 Å². The second-order valence-corrected chi connectivity index (χ2v) is 3.50. The predicted molar refractivity (Wildman–Crippen MR) is 57.1 cm³/mol. The highest BCUT2D eigenvalue weighted by molar-refractivity contribution is 5.97. The number of benzene rings is 1. The Bertz CT molecular complexity index is 394. The van der Waals surface area contributed by atoms with Gasteiger partial charge in [-0.05, 0) is 18.1 Å². The molecule has 0 saturated heterocycles. The molecule has 0 spiro atoms. The maximum absolute atomic E-state index is 11.5. The van der Waals surface area contributed by atoms with Crippen molar-refractivity contribution in [2.24, 2.45) is 0 Å². The summed E-state index contributed by atoms with van der Waals surface area (Å²) in [6.07, 6.45) is 0.473. The van der Waals surface area contributed by atoms with E-state index in [0.29, 0.717) is 12.0 Å². The van der Waals surface area contributed by atoms with Crippen LogP contribution in [0, 0.1) is 6.92 Å². The van der Waals surface area contributed by atoms with Crippen LogP contribution >= 0.6 is 0 Å². The number of rotatable bonds is 4. The van der Waals surface area contributed by atoms with Crippen molar-refractivity contribution in [2.45, 2.75) is 26.7 Å². The fourth-order valence-corrected chi connectivity index (χ4v) is 1.51. The summed E-state index contributed by atoms with van der Waals surface area (Å²) in [4.78, 5) is 21.9. The Morgan fingerprint density at radius 3 is 2.47 bits per heavy atom. The minimum Gasteiger partial charge on any atom is -0.481 e. The zero-order chi connectivity index (χ0) is 11.4. The van der Waals surface area contributed by atoms with Crippen molar-refractivity contribution < 1.29 is 14.7 Å². The van der Waals surface area contributed by atoms with E-state index in [1.807, 2.05) is 13.8 Å². The highest BCUT2D eigenvalue weighted by Crippen LogP contribution is 2.13. The Hall–Kier alpha value is -1.64. The standard InChI is InChI=1S/C12H14O3/c1-3-11(13)10-5-4-9(6-8(10)2)7-12(14)15/h4-6H,3,7H2,1-2H3,(H,14,15). The Morgan fingerprint density at radius 2 is 2.00 bits per heavy atom. The zero-order valence-electron chi connectivity index (χ0n) is 8.91. The van der Waals surface area contributed by atoms with Crippen molar-refractivity contribution in [1.29, 1.82) is 0 Å². The molecule has 0 fully saturated rings. The van der Waals surface area contributed by atoms with E-state index in [0.717, 1.165) is 11.1 Å². The number of carbonyl (C=O) groups excluding carboxylic acids is 1. The molecule has 0 heterocycles. The van der Waals surface area contributed by atoms with Gasteiger partial charge in [-0.2, -0.15) is 0 Å². The van der Waals surface area contributed by atoms with Gasteiger partial charge in [0.1, 0.15) is 0 Å². The van der Waals surface area contributed by atoms with Crippen LogP contribution in [0.1, 0.15) is 34.8 Å². The van der Waals surface area contributed by atoms with Gasteiger partial charge in [-0.25, -0.2) is 0 Å². The predicted octanol–water partition coefficient (Wildman–Crippen LogP) is 2.21. The van der Waals surface area contributed by atoms with Crippen molar-refractivity contribution >= 4 is 11.8 Å². The molecule has 0 aliphatic heterocycles. The Labute approximate surface area is 88.7 Å². The van der Waals surface area contributed by atoms with E-state index in [4.69, 9.17) is 5.11 Å². The van der Waals surface area contributed by atoms with Gasteiger partial charge in [-0.3, -0.25) is 9.59 Å². The second kappa shape index (κ2) is 4.73. The number of hydrogen-bond acceptors (Lipinski definition) is 2. The van der Waals surface area contributed by atoms with Crippen molar-refractivity contribution in [1.82, 2.24) is 0 Å². The third-order valence-electron chi connectivity index (χ3n) is 2.27. The topological polar surface area (TPSA) is 54.4 Å². The number of hydrogen-bond donors (Lipinski definition) is 1. The highest BCUT2D eigenvalue weighted by atomic mass is 16.4. The van der Waals surface area contributed by atoms with Crippen molar-refractivity contribution in [3.05, 3.63) is 34.9 Å². The van der Waals surface area contributed by atoms with Crippen LogP contribution in [0.15, 0.2) is 18.2 Å². The first-order chi connectivity index (χ1) is 7.04. The summed E-state index contributed by atoms with van der Waals surface area (Å²) in [7, 11) is 0. The molecule has 0 saturated carbocycles. The number of carboxylic acids is 1. The fraction of sp³-hybridized carbons (Fsp3) is 0.333. The fourth-order valence-electron chi connectivity index (χ4n) is 1.51. The molecule has 80 valence electrons. The summed E-state index contributed by atoms with van der Waals surface area (Å²) in [6, 6.07) is 5.17. The average Bonchev–Trinajstić information content (AvgIpc) is 2.16. The van der Waals surface area contributed by atoms with Crippen LogP contribution in [0.3, 0.4) is 0 Å². The van der Waals surface area contributed by atoms with Gasteiger partial charge in [0.05, 0.1) is 6.42 Å². The summed E-state index contributed by atoms with van der Waals surface area (Å²) in [5.74, 6) is -0.765. The number of ketones is 1. The molecule has 3 nitrogen and oxygen atoms in total. The van der Waals surface area contributed by atoms with E-state index in [1.54, 1.807) is 18.2 Å². The lowest BCUT2D eigenvalue weighted by Crippen LogP contribution is -2.03. The number of aliphatic carboxylic acids is 1. The van der Waals surface area contributed by atoms with Gasteiger partial charge >= 0.3 is 5.97 Å². The highest BCUT2D eigenvalue weighted by Gasteiger charge is 2.08. The molecule has 0 aliphatic rings. The molecule has 0 aromatic heterocycles. The molecular formula is C12H14O3. The van der Waals surface area contributed by atoms with Crippen LogP contribution in [0.5, 0.6) is 0 Å². The minimum atomic E-state index is -0.857. The van der Waals surface area contributed by atoms with E-state index < -0.39 is 5.97 Å². The van der Waals surface area contributed by atoms with Crippen LogP contribution in [0.25, 0.3) is 0 Å². The molecule has 0 radical (unpaired) electrons. The Morgan fingerprint density at radius 1 is 1.33 bits per heavy atom. The van der Waals surface area contributed by atoms with Crippen molar-refractivity contribution in [3.8, 4) is 0 Å². The molecule has 0 aliphatic carbocycles. The first-order valence-corrected chi connectivity index (χ1v) is 4.89. The van der Waals surface area contributed by atoms with E-state index in [1.165, 1.54) is 0 Å². The number of carbonyl (C=O) groups is 2. The molecule has 3 heteroatoms. The molecular weight excluding hydrogens is 192 g/mol. The maximum Gasteiger partial charge on any atom is 0.307 e. The zero-order valence-corrected chi connectivity index (χ0v) is 8.91. The summed E-state index contributed by atoms with van der Waals surface area (Å²) in [6.45, 7) is 3.64. The first-order valence-electron chi connectivity index (χ1n) is 4.89. The molecule has 15 heavy (non-hydrogen) atoms. The van der Waals surface area contributed by atoms with Crippen LogP contribution in [0.2, 0.25) is 0 Å². The van der Waals surface area contributed by atoms with Gasteiger partial charge in [0.2, 0.25) is 0 Å². The number of Topliss-reactive ketones (excluding diaryl/α,β-unsaturated/α-hetero) is 1. The monoisotopic (exact) mass is 206 g/mol. The number of aryl methyl sites for hydroxylation is 1. The van der Waals surface area contributed by atoms with Gasteiger partial charge in [0, 0.05) is 12.0 Å². The third-order valence-corrected chi connectivity index (χ3v) is 2.27. The van der Waals surface area contributed by atoms with Gasteiger partial charge < -0.3 is 5.11 Å². The maximum atomic E-state index is 11.5.